The Bertz CT molecular complexity index is 926. The van der Waals surface area contributed by atoms with E-state index in [1.165, 1.54) is 5.56 Å². The molecular formula is C25H35N5O2. The van der Waals surface area contributed by atoms with Crippen LogP contribution in [0, 0.1) is 0 Å². The Balaban J connectivity index is 2.02. The number of fused-ring (bicyclic) bond motifs is 1. The molecule has 1 aliphatic heterocycles. The van der Waals surface area contributed by atoms with Crippen LogP contribution in [0.15, 0.2) is 49.3 Å². The number of benzene rings is 1. The second-order valence-corrected chi connectivity index (χ2v) is 9.21. The normalized spacial score (nSPS) is 16.2. The summed E-state index contributed by atoms with van der Waals surface area (Å²) >= 11 is 0. The van der Waals surface area contributed by atoms with Crippen molar-refractivity contribution in [3.05, 3.63) is 60.4 Å². The van der Waals surface area contributed by atoms with Gasteiger partial charge in [-0.2, -0.15) is 0 Å². The highest BCUT2D eigenvalue weighted by Crippen LogP contribution is 2.33. The summed E-state index contributed by atoms with van der Waals surface area (Å²) in [6.45, 7) is 14.1. The maximum absolute atomic E-state index is 13.2. The molecular weight excluding hydrogens is 402 g/mol. The fourth-order valence-electron chi connectivity index (χ4n) is 4.01. The van der Waals surface area contributed by atoms with Crippen LogP contribution >= 0.6 is 0 Å². The number of nitrogens with zero attached hydrogens (tertiary/aromatic N) is 5. The zero-order chi connectivity index (χ0) is 23.3. The summed E-state index contributed by atoms with van der Waals surface area (Å²) in [7, 11) is 2.02. The van der Waals surface area contributed by atoms with Crippen LogP contribution in [0.25, 0.3) is 0 Å². The lowest BCUT2D eigenvalue weighted by molar-refractivity contribution is 0.0148. The van der Waals surface area contributed by atoms with Crippen molar-refractivity contribution in [1.29, 1.82) is 0 Å². The largest absolute Gasteiger partial charge is 0.444 e. The summed E-state index contributed by atoms with van der Waals surface area (Å²) < 4.78 is 5.76. The fraction of sp³-hybridized carbons (Fsp3) is 0.480. The van der Waals surface area contributed by atoms with Crippen LogP contribution in [0.4, 0.5) is 16.4 Å². The van der Waals surface area contributed by atoms with Crippen molar-refractivity contribution in [2.75, 3.05) is 29.9 Å². The molecule has 7 heteroatoms. The molecule has 0 N–H and O–H groups in total. The zero-order valence-corrected chi connectivity index (χ0v) is 19.9. The highest BCUT2D eigenvalue weighted by molar-refractivity contribution is 5.71. The van der Waals surface area contributed by atoms with Gasteiger partial charge in [0.25, 0.3) is 0 Å². The Kier molecular flexibility index (Phi) is 7.38. The molecule has 1 aromatic heterocycles. The van der Waals surface area contributed by atoms with Gasteiger partial charge < -0.3 is 14.5 Å². The number of amides is 1. The Morgan fingerprint density at radius 2 is 2.00 bits per heavy atom. The van der Waals surface area contributed by atoms with Crippen LogP contribution in [0.5, 0.6) is 0 Å². The molecule has 0 aliphatic carbocycles. The summed E-state index contributed by atoms with van der Waals surface area (Å²) in [4.78, 5) is 28.6. The molecule has 7 nitrogen and oxygen atoms in total. The van der Waals surface area contributed by atoms with Crippen LogP contribution in [0.1, 0.15) is 45.2 Å². The van der Waals surface area contributed by atoms with Gasteiger partial charge in [-0.1, -0.05) is 43.3 Å². The van der Waals surface area contributed by atoms with Gasteiger partial charge in [-0.05, 0) is 32.8 Å². The van der Waals surface area contributed by atoms with Gasteiger partial charge in [0.1, 0.15) is 23.6 Å². The van der Waals surface area contributed by atoms with Crippen LogP contribution < -0.4 is 9.80 Å². The number of ether oxygens (including phenoxy) is 1. The molecule has 0 spiro atoms. The minimum Gasteiger partial charge on any atom is -0.444 e. The number of anilines is 2. The van der Waals surface area contributed by atoms with Crippen LogP contribution in [-0.2, 0) is 17.8 Å². The van der Waals surface area contributed by atoms with Crippen molar-refractivity contribution in [1.82, 2.24) is 14.9 Å². The number of carbonyl (C=O) groups excluding carboxylic acids is 1. The van der Waals surface area contributed by atoms with E-state index in [4.69, 9.17) is 4.74 Å². The molecule has 1 atom stereocenters. The first-order valence-corrected chi connectivity index (χ1v) is 11.2. The van der Waals surface area contributed by atoms with Gasteiger partial charge in [0.2, 0.25) is 0 Å². The predicted molar refractivity (Wildman–Crippen MR) is 129 cm³/mol. The van der Waals surface area contributed by atoms with E-state index >= 15 is 0 Å². The Morgan fingerprint density at radius 1 is 1.28 bits per heavy atom. The average Bonchev–Trinajstić information content (AvgIpc) is 2.90. The summed E-state index contributed by atoms with van der Waals surface area (Å²) in [5, 5.41) is 0. The van der Waals surface area contributed by atoms with Crippen molar-refractivity contribution in [2.45, 2.75) is 58.8 Å². The summed E-state index contributed by atoms with van der Waals surface area (Å²) in [6, 6.07) is 10.3. The molecule has 0 saturated carbocycles. The topological polar surface area (TPSA) is 61.8 Å². The van der Waals surface area contributed by atoms with Crippen molar-refractivity contribution >= 4 is 17.7 Å². The Hall–Kier alpha value is -3.09. The maximum Gasteiger partial charge on any atom is 0.410 e. The van der Waals surface area contributed by atoms with Crippen molar-refractivity contribution in [3.63, 3.8) is 0 Å². The van der Waals surface area contributed by atoms with Gasteiger partial charge in [-0.25, -0.2) is 14.8 Å². The highest BCUT2D eigenvalue weighted by atomic mass is 16.6. The standard InChI is InChI=1S/C25H35N5O2/c1-7-14-29-16-20(8-2)30(24(31)32-25(3,4)5)17-21-22(26-18-27-23(21)29)28(6)15-19-12-10-9-11-13-19/h7,9-13,18,20H,1,8,14-17H2,2-6H3/t20-/m1/s1. The molecule has 1 aliphatic rings. The van der Waals surface area contributed by atoms with Gasteiger partial charge in [-0.15, -0.1) is 6.58 Å². The fourth-order valence-corrected chi connectivity index (χ4v) is 4.01. The van der Waals surface area contributed by atoms with Crippen molar-refractivity contribution in [2.24, 2.45) is 0 Å². The van der Waals surface area contributed by atoms with Crippen LogP contribution in [-0.4, -0.2) is 52.7 Å². The van der Waals surface area contributed by atoms with Gasteiger partial charge in [0.15, 0.2) is 0 Å². The monoisotopic (exact) mass is 437 g/mol. The number of carbonyl (C=O) groups is 1. The number of aromatic nitrogens is 2. The Labute approximate surface area is 191 Å². The molecule has 32 heavy (non-hydrogen) atoms. The second-order valence-electron chi connectivity index (χ2n) is 9.21. The zero-order valence-electron chi connectivity index (χ0n) is 19.9. The smallest absolute Gasteiger partial charge is 0.410 e. The first-order valence-electron chi connectivity index (χ1n) is 11.2. The lowest BCUT2D eigenvalue weighted by atomic mass is 10.1. The summed E-state index contributed by atoms with van der Waals surface area (Å²) in [5.41, 5.74) is 1.55. The molecule has 0 bridgehead atoms. The molecule has 2 aromatic rings. The molecule has 172 valence electrons. The van der Waals surface area contributed by atoms with Crippen LogP contribution in [0.3, 0.4) is 0 Å². The molecule has 2 heterocycles. The van der Waals surface area contributed by atoms with E-state index in [0.717, 1.165) is 23.6 Å². The third kappa shape index (κ3) is 5.58. The highest BCUT2D eigenvalue weighted by Gasteiger charge is 2.35. The molecule has 0 unspecified atom stereocenters. The molecule has 3 rings (SSSR count). The molecule has 0 fully saturated rings. The molecule has 1 aromatic carbocycles. The molecule has 0 saturated heterocycles. The summed E-state index contributed by atoms with van der Waals surface area (Å²) in [6.07, 6.45) is 3.98. The van der Waals surface area contributed by atoms with Gasteiger partial charge in [0, 0.05) is 26.7 Å². The van der Waals surface area contributed by atoms with E-state index in [2.05, 4.69) is 45.4 Å². The average molecular weight is 438 g/mol. The van der Waals surface area contributed by atoms with E-state index in [9.17, 15) is 4.79 Å². The van der Waals surface area contributed by atoms with E-state index in [0.29, 0.717) is 26.2 Å². The quantitative estimate of drug-likeness (QED) is 0.614. The lowest BCUT2D eigenvalue weighted by Crippen LogP contribution is -2.46. The second kappa shape index (κ2) is 10.0. The van der Waals surface area contributed by atoms with Crippen molar-refractivity contribution in [3.8, 4) is 0 Å². The molecule has 1 amide bonds. The number of hydrogen-bond acceptors (Lipinski definition) is 6. The number of rotatable bonds is 6. The van der Waals surface area contributed by atoms with Crippen molar-refractivity contribution < 1.29 is 9.53 Å². The first kappa shape index (κ1) is 23.6. The third-order valence-electron chi connectivity index (χ3n) is 5.47. The molecule has 0 radical (unpaired) electrons. The summed E-state index contributed by atoms with van der Waals surface area (Å²) in [5.74, 6) is 1.66. The maximum atomic E-state index is 13.2. The lowest BCUT2D eigenvalue weighted by Gasteiger charge is -2.33. The number of hydrogen-bond donors (Lipinski definition) is 0. The third-order valence-corrected chi connectivity index (χ3v) is 5.47. The van der Waals surface area contributed by atoms with Gasteiger partial charge in [0.05, 0.1) is 18.2 Å². The van der Waals surface area contributed by atoms with E-state index in [1.54, 1.807) is 6.33 Å². The first-order chi connectivity index (χ1) is 15.2. The van der Waals surface area contributed by atoms with E-state index < -0.39 is 5.60 Å². The Morgan fingerprint density at radius 3 is 2.62 bits per heavy atom. The minimum atomic E-state index is -0.564. The SMILES string of the molecule is C=CCN1C[C@@H](CC)N(C(=O)OC(C)(C)C)Cc2c(N(C)Cc3ccccc3)ncnc21. The minimum absolute atomic E-state index is 0.00807. The predicted octanol–water partition coefficient (Wildman–Crippen LogP) is 4.63. The van der Waals surface area contributed by atoms with Crippen LogP contribution in [0.2, 0.25) is 0 Å². The van der Waals surface area contributed by atoms with E-state index in [1.807, 2.05) is 57.0 Å². The van der Waals surface area contributed by atoms with E-state index in [-0.39, 0.29) is 12.1 Å². The van der Waals surface area contributed by atoms with Gasteiger partial charge >= 0.3 is 6.09 Å². The van der Waals surface area contributed by atoms with Gasteiger partial charge in [-0.3, -0.25) is 4.90 Å².